The summed E-state index contributed by atoms with van der Waals surface area (Å²) in [5.41, 5.74) is -0.980. The van der Waals surface area contributed by atoms with E-state index in [0.717, 1.165) is 44.1 Å². The highest BCUT2D eigenvalue weighted by Crippen LogP contribution is 2.80. The molecular formula is C58H94O26. The van der Waals surface area contributed by atoms with E-state index in [0.29, 0.717) is 19.4 Å². The van der Waals surface area contributed by atoms with Crippen molar-refractivity contribution < 1.29 is 128 Å². The summed E-state index contributed by atoms with van der Waals surface area (Å²) in [5, 5.41) is 154. The molecule has 0 radical (unpaired) electrons. The Morgan fingerprint density at radius 2 is 1.21 bits per heavy atom. The molecule has 4 saturated carbocycles. The van der Waals surface area contributed by atoms with Gasteiger partial charge in [0.1, 0.15) is 104 Å². The summed E-state index contributed by atoms with van der Waals surface area (Å²) in [7, 11) is 0. The van der Waals surface area contributed by atoms with Gasteiger partial charge in [0.15, 0.2) is 37.2 Å². The van der Waals surface area contributed by atoms with Crippen LogP contribution in [0.1, 0.15) is 107 Å². The van der Waals surface area contributed by atoms with Crippen molar-refractivity contribution in [3.63, 3.8) is 0 Å². The number of allylic oxidation sites excluding steroid dienone is 1. The molecule has 11 rings (SSSR count). The van der Waals surface area contributed by atoms with Gasteiger partial charge in [0.05, 0.1) is 56.9 Å². The average molecular weight is 1210 g/mol. The molecule has 7 aliphatic heterocycles. The summed E-state index contributed by atoms with van der Waals surface area (Å²) in [4.78, 5) is 0. The fourth-order valence-electron chi connectivity index (χ4n) is 18.3. The Morgan fingerprint density at radius 3 is 1.93 bits per heavy atom. The van der Waals surface area contributed by atoms with E-state index in [1.165, 1.54) is 6.92 Å². The molecule has 14 N–H and O–H groups in total. The Bertz CT molecular complexity index is 2330. The molecule has 11 fully saturated rings. The van der Waals surface area contributed by atoms with Crippen LogP contribution in [-0.2, 0) is 56.8 Å². The van der Waals surface area contributed by atoms with Gasteiger partial charge in [0.25, 0.3) is 0 Å². The van der Waals surface area contributed by atoms with Crippen molar-refractivity contribution in [1.29, 1.82) is 0 Å². The van der Waals surface area contributed by atoms with Crippen molar-refractivity contribution in [3.8, 4) is 0 Å². The lowest BCUT2D eigenvalue weighted by Crippen LogP contribution is -2.68. The Hall–Kier alpha value is -1.30. The van der Waals surface area contributed by atoms with Gasteiger partial charge in [-0.2, -0.15) is 0 Å². The lowest BCUT2D eigenvalue weighted by molar-refractivity contribution is -0.401. The molecule has 26 heteroatoms. The molecule has 0 aromatic carbocycles. The van der Waals surface area contributed by atoms with Crippen molar-refractivity contribution in [2.75, 3.05) is 33.0 Å². The zero-order valence-corrected chi connectivity index (χ0v) is 49.2. The van der Waals surface area contributed by atoms with Crippen LogP contribution in [0.3, 0.4) is 0 Å². The minimum Gasteiger partial charge on any atom is -0.394 e. The van der Waals surface area contributed by atoms with Gasteiger partial charge in [-0.1, -0.05) is 39.3 Å². The highest BCUT2D eigenvalue weighted by molar-refractivity contribution is 5.27. The van der Waals surface area contributed by atoms with Crippen molar-refractivity contribution in [1.82, 2.24) is 0 Å². The smallest absolute Gasteiger partial charge is 0.187 e. The predicted octanol–water partition coefficient (Wildman–Crippen LogP) is -2.72. The van der Waals surface area contributed by atoms with Crippen LogP contribution in [0.4, 0.5) is 0 Å². The number of hydrogen-bond donors (Lipinski definition) is 14. The second-order valence-electron chi connectivity index (χ2n) is 28.2. The van der Waals surface area contributed by atoms with E-state index in [4.69, 9.17) is 56.8 Å². The minimum absolute atomic E-state index is 0.110. The van der Waals surface area contributed by atoms with Crippen LogP contribution in [0.5, 0.6) is 0 Å². The zero-order chi connectivity index (χ0) is 60.7. The first-order valence-electron chi connectivity index (χ1n) is 30.3. The monoisotopic (exact) mass is 1210 g/mol. The van der Waals surface area contributed by atoms with E-state index in [2.05, 4.69) is 33.8 Å². The molecule has 11 aliphatic rings. The van der Waals surface area contributed by atoms with Crippen molar-refractivity contribution in [2.45, 2.75) is 272 Å². The number of aliphatic hydroxyl groups excluding tert-OH is 13. The van der Waals surface area contributed by atoms with Gasteiger partial charge in [0, 0.05) is 24.2 Å². The second-order valence-corrected chi connectivity index (χ2v) is 28.2. The van der Waals surface area contributed by atoms with Crippen LogP contribution in [0.25, 0.3) is 0 Å². The molecule has 26 nitrogen and oxygen atoms in total. The standard InChI is InChI=1S/C58H94O26/c1-23(2)15-25-16-56(8,72)47-26-9-10-32-54(6)13-12-33(53(4,5)31(54)11-14-55(32,7)57(26)21-58(47,84-25)76-22-57)80-51-46(83-50-43(71)38(66)34(62)24(3)77-50)44(28(61)19-74-51)81-52-45(82-49-41(69)35(63)27(60)18-73-49)40(68)37(65)30(79-52)20-75-48-42(70)39(67)36(64)29(17-59)78-48/h15,24-52,59-72H,9-14,16-22H2,1-8H3/t24-,25-,26+,27+,28-,29+,30+,31-,32+,33-,34+,35-,36+,37+,38+,39-,40-,41+,42+,43-,44-,45+,46+,47-,48+,49-,50-,51-,52-,54-,55+,56-,57-,58+/m1/s1. The van der Waals surface area contributed by atoms with Crippen molar-refractivity contribution >= 4 is 0 Å². The maximum Gasteiger partial charge on any atom is 0.187 e. The summed E-state index contributed by atoms with van der Waals surface area (Å²) in [6, 6.07) is 0. The molecule has 0 amide bonds. The van der Waals surface area contributed by atoms with E-state index in [1.54, 1.807) is 0 Å². The van der Waals surface area contributed by atoms with E-state index in [9.17, 15) is 71.5 Å². The topological polar surface area (TPSA) is 394 Å². The molecule has 2 bridgehead atoms. The van der Waals surface area contributed by atoms with Gasteiger partial charge < -0.3 is 128 Å². The maximum absolute atomic E-state index is 12.3. The van der Waals surface area contributed by atoms with E-state index in [-0.39, 0.29) is 46.0 Å². The average Bonchev–Trinajstić information content (AvgIpc) is 1.44. The van der Waals surface area contributed by atoms with E-state index >= 15 is 0 Å². The Kier molecular flexibility index (Phi) is 17.9. The molecule has 0 aromatic heterocycles. The lowest BCUT2D eigenvalue weighted by Gasteiger charge is -2.70. The lowest BCUT2D eigenvalue weighted by atomic mass is 9.35. The first-order valence-corrected chi connectivity index (χ1v) is 30.3. The molecule has 7 heterocycles. The summed E-state index contributed by atoms with van der Waals surface area (Å²) < 4.78 is 75.5. The Morgan fingerprint density at radius 1 is 0.583 bits per heavy atom. The predicted molar refractivity (Wildman–Crippen MR) is 283 cm³/mol. The fourth-order valence-corrected chi connectivity index (χ4v) is 18.3. The third-order valence-corrected chi connectivity index (χ3v) is 22.5. The first-order chi connectivity index (χ1) is 39.4. The number of rotatable bonds is 13. The van der Waals surface area contributed by atoms with Crippen molar-refractivity contribution in [3.05, 3.63) is 11.6 Å². The second kappa shape index (κ2) is 23.4. The summed E-state index contributed by atoms with van der Waals surface area (Å²) in [6.07, 6.45) is -31.8. The van der Waals surface area contributed by atoms with Crippen LogP contribution in [-0.4, -0.2) is 269 Å². The molecule has 4 aliphatic carbocycles. The van der Waals surface area contributed by atoms with Crippen LogP contribution in [0.2, 0.25) is 0 Å². The van der Waals surface area contributed by atoms with Crippen LogP contribution < -0.4 is 0 Å². The number of fused-ring (bicyclic) bond motifs is 4. The molecule has 7 saturated heterocycles. The highest BCUT2D eigenvalue weighted by atomic mass is 16.8. The molecule has 482 valence electrons. The summed E-state index contributed by atoms with van der Waals surface area (Å²) in [5.74, 6) is -0.440. The zero-order valence-electron chi connectivity index (χ0n) is 49.2. The molecule has 0 unspecified atom stereocenters. The maximum atomic E-state index is 12.3. The molecule has 0 aromatic rings. The van der Waals surface area contributed by atoms with E-state index in [1.807, 2.05) is 20.8 Å². The van der Waals surface area contributed by atoms with Crippen LogP contribution in [0, 0.1) is 45.3 Å². The molecular weight excluding hydrogens is 1110 g/mol. The fraction of sp³-hybridized carbons (Fsp3) is 0.966. The number of hydrogen-bond acceptors (Lipinski definition) is 26. The quantitative estimate of drug-likeness (QED) is 0.0658. The number of aliphatic hydroxyl groups is 14. The third-order valence-electron chi connectivity index (χ3n) is 22.5. The van der Waals surface area contributed by atoms with Gasteiger partial charge in [-0.15, -0.1) is 0 Å². The third kappa shape index (κ3) is 10.5. The molecule has 84 heavy (non-hydrogen) atoms. The first kappa shape index (κ1) is 64.2. The van der Waals surface area contributed by atoms with Gasteiger partial charge in [-0.25, -0.2) is 0 Å². The van der Waals surface area contributed by atoms with E-state index < -0.39 is 191 Å². The Labute approximate surface area is 488 Å². The Balaban J connectivity index is 0.870. The summed E-state index contributed by atoms with van der Waals surface area (Å²) >= 11 is 0. The normalized spacial score (nSPS) is 57.1. The van der Waals surface area contributed by atoms with Gasteiger partial charge >= 0.3 is 0 Å². The SMILES string of the molecule is CC(C)=C[C@@H]1C[C@@](C)(O)[C@H]2[C@@H]3CC[C@H]4[C@]5(C)CC[C@@H](O[C@H]6OC[C@@H](O)[C@@H](O[C@H]7O[C@@H](CO[C@H]8O[C@@H](CO)[C@H](O)[C@@H](O)[C@@H]8O)[C@H](O)[C@@H](O)[C@@H]7O[C@H]7OC[C@H](O)[C@@H](O)[C@@H]7O)[C@@H]6O[C@H]6O[C@H](C)[C@H](O)[C@H](O)[C@H]6O)C(C)(C)[C@H]5CC[C@]4(C)[C@]34CO[C@@]2(C4)O1. The number of ether oxygens (including phenoxy) is 12. The molecule has 34 atom stereocenters. The van der Waals surface area contributed by atoms with Gasteiger partial charge in [-0.05, 0) is 100 Å². The van der Waals surface area contributed by atoms with Crippen LogP contribution >= 0.6 is 0 Å². The van der Waals surface area contributed by atoms with Gasteiger partial charge in [0.2, 0.25) is 0 Å². The largest absolute Gasteiger partial charge is 0.394 e. The van der Waals surface area contributed by atoms with Crippen LogP contribution in [0.15, 0.2) is 11.6 Å². The highest BCUT2D eigenvalue weighted by Gasteiger charge is 2.81. The molecule has 2 spiro atoms. The minimum atomic E-state index is -2.04. The van der Waals surface area contributed by atoms with Gasteiger partial charge in [-0.3, -0.25) is 0 Å². The van der Waals surface area contributed by atoms with Crippen molar-refractivity contribution in [2.24, 2.45) is 45.3 Å². The summed E-state index contributed by atoms with van der Waals surface area (Å²) in [6.45, 7) is 14.8.